The second-order valence-electron chi connectivity index (χ2n) is 6.02. The van der Waals surface area contributed by atoms with Gasteiger partial charge < -0.3 is 10.2 Å². The van der Waals surface area contributed by atoms with Crippen molar-refractivity contribution >= 4 is 5.91 Å². The molecule has 1 heterocycles. The molecule has 0 saturated carbocycles. The highest BCUT2D eigenvalue weighted by molar-refractivity contribution is 5.73. The molecule has 1 aromatic rings. The summed E-state index contributed by atoms with van der Waals surface area (Å²) in [6.45, 7) is 4.71. The zero-order chi connectivity index (χ0) is 17.2. The maximum Gasteiger partial charge on any atom is 0.416 e. The zero-order valence-corrected chi connectivity index (χ0v) is 13.1. The van der Waals surface area contributed by atoms with Crippen molar-refractivity contribution < 1.29 is 22.4 Å². The van der Waals surface area contributed by atoms with Crippen LogP contribution < -0.4 is 5.32 Å². The van der Waals surface area contributed by atoms with Gasteiger partial charge in [0.1, 0.15) is 5.82 Å². The van der Waals surface area contributed by atoms with Crippen molar-refractivity contribution in [2.24, 2.45) is 5.92 Å². The van der Waals surface area contributed by atoms with Gasteiger partial charge in [-0.15, -0.1) is 0 Å². The van der Waals surface area contributed by atoms with Crippen LogP contribution >= 0.6 is 0 Å². The van der Waals surface area contributed by atoms with E-state index in [0.717, 1.165) is 18.2 Å². The summed E-state index contributed by atoms with van der Waals surface area (Å²) in [7, 11) is 0. The first-order chi connectivity index (χ1) is 10.7. The Labute approximate surface area is 132 Å². The second-order valence-corrected chi connectivity index (χ2v) is 6.02. The normalized spacial score (nSPS) is 22.3. The minimum atomic E-state index is -4.48. The summed E-state index contributed by atoms with van der Waals surface area (Å²) in [5.74, 6) is -0.486. The minimum Gasteiger partial charge on any atom is -0.343 e. The van der Waals surface area contributed by atoms with E-state index in [1.807, 2.05) is 6.92 Å². The molecule has 1 amide bonds. The molecule has 0 radical (unpaired) electrons. The molecule has 0 spiro atoms. The van der Waals surface area contributed by atoms with E-state index in [2.05, 4.69) is 5.32 Å². The van der Waals surface area contributed by atoms with Crippen molar-refractivity contribution in [1.82, 2.24) is 10.2 Å². The molecule has 3 nitrogen and oxygen atoms in total. The topological polar surface area (TPSA) is 32.3 Å². The van der Waals surface area contributed by atoms with E-state index in [1.165, 1.54) is 6.92 Å². The van der Waals surface area contributed by atoms with Crippen LogP contribution in [0.25, 0.3) is 0 Å². The average molecular weight is 332 g/mol. The SMILES string of the molecule is CC(=O)N1CCC(NCc2cc(C(F)(F)F)ccc2F)C(C)C1. The summed E-state index contributed by atoms with van der Waals surface area (Å²) in [4.78, 5) is 13.1. The van der Waals surface area contributed by atoms with Crippen molar-refractivity contribution in [1.29, 1.82) is 0 Å². The summed E-state index contributed by atoms with van der Waals surface area (Å²) >= 11 is 0. The molecule has 0 bridgehead atoms. The number of benzene rings is 1. The van der Waals surface area contributed by atoms with E-state index in [1.54, 1.807) is 4.90 Å². The molecule has 1 aliphatic rings. The molecule has 1 aliphatic heterocycles. The molecule has 1 N–H and O–H groups in total. The average Bonchev–Trinajstić information content (AvgIpc) is 2.46. The van der Waals surface area contributed by atoms with Crippen LogP contribution in [0.5, 0.6) is 0 Å². The Balaban J connectivity index is 2.00. The lowest BCUT2D eigenvalue weighted by Crippen LogP contribution is -2.49. The number of halogens is 4. The number of alkyl halides is 3. The number of nitrogens with zero attached hydrogens (tertiary/aromatic N) is 1. The van der Waals surface area contributed by atoms with Crippen molar-refractivity contribution in [2.45, 2.75) is 39.0 Å². The zero-order valence-electron chi connectivity index (χ0n) is 13.1. The van der Waals surface area contributed by atoms with Gasteiger partial charge in [-0.2, -0.15) is 13.2 Å². The monoisotopic (exact) mass is 332 g/mol. The molecular formula is C16H20F4N2O. The van der Waals surface area contributed by atoms with E-state index in [0.29, 0.717) is 19.5 Å². The lowest BCUT2D eigenvalue weighted by atomic mass is 9.93. The lowest BCUT2D eigenvalue weighted by molar-refractivity contribution is -0.137. The number of amides is 1. The number of hydrogen-bond donors (Lipinski definition) is 1. The van der Waals surface area contributed by atoms with Gasteiger partial charge in [-0.25, -0.2) is 4.39 Å². The molecule has 1 aromatic carbocycles. The largest absolute Gasteiger partial charge is 0.416 e. The molecule has 0 aliphatic carbocycles. The molecule has 23 heavy (non-hydrogen) atoms. The highest BCUT2D eigenvalue weighted by Crippen LogP contribution is 2.30. The standard InChI is InChI=1S/C16H20F4N2O/c1-10-9-22(11(2)23)6-5-15(10)21-8-12-7-13(16(18,19)20)3-4-14(12)17/h3-4,7,10,15,21H,5-6,8-9H2,1-2H3. The Morgan fingerprint density at radius 1 is 1.39 bits per heavy atom. The van der Waals surface area contributed by atoms with Crippen LogP contribution in [0.4, 0.5) is 17.6 Å². The van der Waals surface area contributed by atoms with Crippen LogP contribution in [-0.2, 0) is 17.5 Å². The van der Waals surface area contributed by atoms with E-state index in [9.17, 15) is 22.4 Å². The molecule has 128 valence electrons. The number of piperidine rings is 1. The van der Waals surface area contributed by atoms with E-state index < -0.39 is 17.6 Å². The van der Waals surface area contributed by atoms with Crippen molar-refractivity contribution in [3.05, 3.63) is 35.1 Å². The van der Waals surface area contributed by atoms with Gasteiger partial charge in [0, 0.05) is 38.2 Å². The maximum absolute atomic E-state index is 13.7. The fourth-order valence-electron chi connectivity index (χ4n) is 2.86. The number of likely N-dealkylation sites (tertiary alicyclic amines) is 1. The van der Waals surface area contributed by atoms with Gasteiger partial charge >= 0.3 is 6.18 Å². The quantitative estimate of drug-likeness (QED) is 0.862. The number of rotatable bonds is 3. The predicted molar refractivity (Wildman–Crippen MR) is 78.1 cm³/mol. The Morgan fingerprint density at radius 3 is 2.65 bits per heavy atom. The van der Waals surface area contributed by atoms with Gasteiger partial charge in [-0.3, -0.25) is 4.79 Å². The van der Waals surface area contributed by atoms with Crippen LogP contribution in [0.2, 0.25) is 0 Å². The van der Waals surface area contributed by atoms with Crippen LogP contribution in [0.15, 0.2) is 18.2 Å². The predicted octanol–water partition coefficient (Wildman–Crippen LogP) is 3.19. The first kappa shape index (κ1) is 17.7. The summed E-state index contributed by atoms with van der Waals surface area (Å²) < 4.78 is 51.8. The summed E-state index contributed by atoms with van der Waals surface area (Å²) in [5, 5.41) is 3.12. The number of nitrogens with one attached hydrogen (secondary N) is 1. The molecule has 7 heteroatoms. The Bertz CT molecular complexity index is 574. The van der Waals surface area contributed by atoms with Crippen molar-refractivity contribution in [3.63, 3.8) is 0 Å². The molecule has 2 atom stereocenters. The third kappa shape index (κ3) is 4.43. The maximum atomic E-state index is 13.7. The van der Waals surface area contributed by atoms with Crippen LogP contribution in [0.3, 0.4) is 0 Å². The molecule has 1 fully saturated rings. The van der Waals surface area contributed by atoms with E-state index in [-0.39, 0.29) is 30.0 Å². The Morgan fingerprint density at radius 2 is 2.09 bits per heavy atom. The van der Waals surface area contributed by atoms with Gasteiger partial charge in [0.25, 0.3) is 0 Å². The fraction of sp³-hybridized carbons (Fsp3) is 0.562. The second kappa shape index (κ2) is 6.86. The van der Waals surface area contributed by atoms with Crippen molar-refractivity contribution in [3.8, 4) is 0 Å². The van der Waals surface area contributed by atoms with Crippen LogP contribution in [0, 0.1) is 11.7 Å². The molecule has 0 aromatic heterocycles. The third-order valence-electron chi connectivity index (χ3n) is 4.28. The molecule has 2 unspecified atom stereocenters. The lowest BCUT2D eigenvalue weighted by Gasteiger charge is -2.37. The first-order valence-electron chi connectivity index (χ1n) is 7.53. The minimum absolute atomic E-state index is 0.000947. The third-order valence-corrected chi connectivity index (χ3v) is 4.28. The molecular weight excluding hydrogens is 312 g/mol. The van der Waals surface area contributed by atoms with Gasteiger partial charge in [0.05, 0.1) is 5.56 Å². The van der Waals surface area contributed by atoms with Gasteiger partial charge in [-0.05, 0) is 30.5 Å². The van der Waals surface area contributed by atoms with Crippen LogP contribution in [0.1, 0.15) is 31.4 Å². The van der Waals surface area contributed by atoms with E-state index >= 15 is 0 Å². The molecule has 1 saturated heterocycles. The van der Waals surface area contributed by atoms with Crippen molar-refractivity contribution in [2.75, 3.05) is 13.1 Å². The van der Waals surface area contributed by atoms with Gasteiger partial charge in [0.15, 0.2) is 0 Å². The van der Waals surface area contributed by atoms with Gasteiger partial charge in [-0.1, -0.05) is 6.92 Å². The number of carbonyl (C=O) groups excluding carboxylic acids is 1. The Kier molecular flexibility index (Phi) is 5.29. The highest BCUT2D eigenvalue weighted by Gasteiger charge is 2.31. The fourth-order valence-corrected chi connectivity index (χ4v) is 2.86. The van der Waals surface area contributed by atoms with Gasteiger partial charge in [0.2, 0.25) is 5.91 Å². The summed E-state index contributed by atoms with van der Waals surface area (Å²) in [6, 6.07) is 2.48. The first-order valence-corrected chi connectivity index (χ1v) is 7.53. The summed E-state index contributed by atoms with van der Waals surface area (Å²) in [5.41, 5.74) is -0.851. The van der Waals surface area contributed by atoms with E-state index in [4.69, 9.17) is 0 Å². The number of hydrogen-bond acceptors (Lipinski definition) is 2. The number of carbonyl (C=O) groups is 1. The smallest absolute Gasteiger partial charge is 0.343 e. The van der Waals surface area contributed by atoms with Crippen LogP contribution in [-0.4, -0.2) is 29.9 Å². The summed E-state index contributed by atoms with van der Waals surface area (Å²) in [6.07, 6.45) is -3.79. The Hall–Kier alpha value is -1.63. The highest BCUT2D eigenvalue weighted by atomic mass is 19.4. The molecule has 2 rings (SSSR count).